The molecule has 1 N–H and O–H groups in total. The number of carbonyl (C=O) groups excluding carboxylic acids is 1. The van der Waals surface area contributed by atoms with Gasteiger partial charge in [0.1, 0.15) is 0 Å². The normalized spacial score (nSPS) is 11.8. The number of hydrogen-bond donors (Lipinski definition) is 1. The first kappa shape index (κ1) is 12.2. The van der Waals surface area contributed by atoms with Gasteiger partial charge in [0.05, 0.1) is 16.5 Å². The van der Waals surface area contributed by atoms with Crippen LogP contribution in [0.1, 0.15) is 15.4 Å². The topological polar surface area (TPSA) is 76.1 Å². The van der Waals surface area contributed by atoms with E-state index < -0.39 is 10.0 Å². The minimum absolute atomic E-state index is 0.225. The molecule has 17 heavy (non-hydrogen) atoms. The minimum Gasteiger partial charge on any atom is -0.295 e. The molecule has 0 amide bonds. The van der Waals surface area contributed by atoms with Crippen molar-refractivity contribution < 1.29 is 13.2 Å². The molecule has 5 nitrogen and oxygen atoms in total. The number of carbonyl (C=O) groups is 1. The van der Waals surface area contributed by atoms with E-state index in [4.69, 9.17) is 0 Å². The number of aldehydes is 1. The fraction of sp³-hybridized carbons (Fsp3) is 0.200. The van der Waals surface area contributed by atoms with Crippen LogP contribution in [0.15, 0.2) is 18.2 Å². The average Bonchev–Trinajstić information content (AvgIpc) is 2.67. The van der Waals surface area contributed by atoms with Crippen LogP contribution in [0, 0.1) is 0 Å². The third kappa shape index (κ3) is 3.09. The summed E-state index contributed by atoms with van der Waals surface area (Å²) in [6.07, 6.45) is 1.82. The van der Waals surface area contributed by atoms with Gasteiger partial charge in [0.2, 0.25) is 10.0 Å². The highest BCUT2D eigenvalue weighted by atomic mass is 32.2. The van der Waals surface area contributed by atoms with Gasteiger partial charge < -0.3 is 0 Å². The van der Waals surface area contributed by atoms with Gasteiger partial charge in [0, 0.05) is 6.54 Å². The Hall–Kier alpha value is -1.31. The number of nitrogens with one attached hydrogen (secondary N) is 1. The maximum atomic E-state index is 10.9. The van der Waals surface area contributed by atoms with Gasteiger partial charge in [-0.3, -0.25) is 4.79 Å². The molecule has 2 aromatic rings. The molecular formula is C10H10N2O3S2. The summed E-state index contributed by atoms with van der Waals surface area (Å²) in [5.41, 5.74) is 1.52. The van der Waals surface area contributed by atoms with E-state index in [1.54, 1.807) is 6.07 Å². The lowest BCUT2D eigenvalue weighted by Gasteiger charge is -2.01. The summed E-state index contributed by atoms with van der Waals surface area (Å²) in [6, 6.07) is 5.42. The number of nitrogens with zero attached hydrogens (tertiary/aromatic N) is 1. The SMILES string of the molecule is CS(=O)(=O)NCc1ccc2sc(C=O)nc2c1. The van der Waals surface area contributed by atoms with Crippen molar-refractivity contribution in [2.45, 2.75) is 6.54 Å². The van der Waals surface area contributed by atoms with Crippen LogP contribution in [0.4, 0.5) is 0 Å². The van der Waals surface area contributed by atoms with Crippen molar-refractivity contribution in [3.8, 4) is 0 Å². The van der Waals surface area contributed by atoms with E-state index >= 15 is 0 Å². The van der Waals surface area contributed by atoms with E-state index in [9.17, 15) is 13.2 Å². The predicted octanol–water partition coefficient (Wildman–Crippen LogP) is 1.16. The van der Waals surface area contributed by atoms with E-state index in [0.717, 1.165) is 16.5 Å². The van der Waals surface area contributed by atoms with Crippen molar-refractivity contribution >= 4 is 37.9 Å². The van der Waals surface area contributed by atoms with Crippen molar-refractivity contribution in [1.82, 2.24) is 9.71 Å². The van der Waals surface area contributed by atoms with Crippen molar-refractivity contribution in [2.24, 2.45) is 0 Å². The molecule has 90 valence electrons. The molecule has 1 aromatic heterocycles. The molecule has 0 aliphatic rings. The van der Waals surface area contributed by atoms with Gasteiger partial charge >= 0.3 is 0 Å². The van der Waals surface area contributed by atoms with Crippen LogP contribution in [0.25, 0.3) is 10.2 Å². The van der Waals surface area contributed by atoms with E-state index in [2.05, 4.69) is 9.71 Å². The van der Waals surface area contributed by atoms with Gasteiger partial charge in [0.15, 0.2) is 11.3 Å². The molecule has 0 saturated heterocycles. The minimum atomic E-state index is -3.20. The second kappa shape index (κ2) is 4.52. The fourth-order valence-electron chi connectivity index (χ4n) is 1.37. The zero-order chi connectivity index (χ0) is 12.5. The Labute approximate surface area is 103 Å². The molecule has 0 unspecified atom stereocenters. The van der Waals surface area contributed by atoms with Gasteiger partial charge in [0.25, 0.3) is 0 Å². The van der Waals surface area contributed by atoms with Crippen LogP contribution in [0.3, 0.4) is 0 Å². The van der Waals surface area contributed by atoms with Crippen molar-refractivity contribution in [3.05, 3.63) is 28.8 Å². The van der Waals surface area contributed by atoms with E-state index in [1.807, 2.05) is 12.1 Å². The first-order valence-electron chi connectivity index (χ1n) is 4.77. The molecule has 2 rings (SSSR count). The Morgan fingerprint density at radius 2 is 2.24 bits per heavy atom. The van der Waals surface area contributed by atoms with Gasteiger partial charge in [-0.1, -0.05) is 6.07 Å². The number of benzene rings is 1. The number of sulfonamides is 1. The largest absolute Gasteiger partial charge is 0.295 e. The van der Waals surface area contributed by atoms with Crippen molar-refractivity contribution in [1.29, 1.82) is 0 Å². The average molecular weight is 270 g/mol. The molecule has 0 aliphatic heterocycles. The van der Waals surface area contributed by atoms with Gasteiger partial charge in [-0.15, -0.1) is 11.3 Å². The molecule has 0 aliphatic carbocycles. The molecular weight excluding hydrogens is 260 g/mol. The molecule has 0 fully saturated rings. The standard InChI is InChI=1S/C10H10N2O3S2/c1-17(14,15)11-5-7-2-3-9-8(4-7)12-10(6-13)16-9/h2-4,6,11H,5H2,1H3. The number of aromatic nitrogens is 1. The molecule has 0 atom stereocenters. The fourth-order valence-corrected chi connectivity index (χ4v) is 2.56. The number of hydrogen-bond acceptors (Lipinski definition) is 5. The van der Waals surface area contributed by atoms with Crippen LogP contribution in [-0.4, -0.2) is 25.9 Å². The summed E-state index contributed by atoms with van der Waals surface area (Å²) in [7, 11) is -3.20. The van der Waals surface area contributed by atoms with Crippen molar-refractivity contribution in [2.75, 3.05) is 6.26 Å². The van der Waals surface area contributed by atoms with Crippen LogP contribution < -0.4 is 4.72 Å². The Morgan fingerprint density at radius 1 is 1.47 bits per heavy atom. The highest BCUT2D eigenvalue weighted by Crippen LogP contribution is 2.22. The maximum Gasteiger partial charge on any atom is 0.209 e. The summed E-state index contributed by atoms with van der Waals surface area (Å²) < 4.78 is 25.2. The third-order valence-corrected chi connectivity index (χ3v) is 3.74. The summed E-state index contributed by atoms with van der Waals surface area (Å²) in [6.45, 7) is 0.225. The van der Waals surface area contributed by atoms with E-state index in [-0.39, 0.29) is 6.54 Å². The highest BCUT2D eigenvalue weighted by molar-refractivity contribution is 7.88. The lowest BCUT2D eigenvalue weighted by atomic mass is 10.2. The molecule has 0 radical (unpaired) electrons. The van der Waals surface area contributed by atoms with Gasteiger partial charge in [-0.05, 0) is 17.7 Å². The van der Waals surface area contributed by atoms with Crippen LogP contribution in [-0.2, 0) is 16.6 Å². The molecule has 0 spiro atoms. The number of thiazole rings is 1. The van der Waals surface area contributed by atoms with E-state index in [1.165, 1.54) is 11.3 Å². The summed E-state index contributed by atoms with van der Waals surface area (Å²) >= 11 is 1.31. The van der Waals surface area contributed by atoms with Gasteiger partial charge in [-0.2, -0.15) is 0 Å². The Morgan fingerprint density at radius 3 is 2.88 bits per heavy atom. The zero-order valence-corrected chi connectivity index (χ0v) is 10.6. The van der Waals surface area contributed by atoms with Gasteiger partial charge in [-0.25, -0.2) is 18.1 Å². The first-order chi connectivity index (χ1) is 7.98. The molecule has 1 aromatic carbocycles. The second-order valence-electron chi connectivity index (χ2n) is 3.57. The monoisotopic (exact) mass is 270 g/mol. The summed E-state index contributed by atoms with van der Waals surface area (Å²) in [4.78, 5) is 14.7. The highest BCUT2D eigenvalue weighted by Gasteiger charge is 2.05. The van der Waals surface area contributed by atoms with E-state index in [0.29, 0.717) is 16.8 Å². The number of rotatable bonds is 4. The zero-order valence-electron chi connectivity index (χ0n) is 9.00. The smallest absolute Gasteiger partial charge is 0.209 e. The predicted molar refractivity (Wildman–Crippen MR) is 66.7 cm³/mol. The Bertz CT molecular complexity index is 661. The van der Waals surface area contributed by atoms with Crippen LogP contribution >= 0.6 is 11.3 Å². The Balaban J connectivity index is 2.28. The molecule has 0 saturated carbocycles. The van der Waals surface area contributed by atoms with Crippen molar-refractivity contribution in [3.63, 3.8) is 0 Å². The number of fused-ring (bicyclic) bond motifs is 1. The van der Waals surface area contributed by atoms with Crippen LogP contribution in [0.2, 0.25) is 0 Å². The van der Waals surface area contributed by atoms with Crippen LogP contribution in [0.5, 0.6) is 0 Å². The molecule has 7 heteroatoms. The lowest BCUT2D eigenvalue weighted by molar-refractivity contribution is 0.112. The second-order valence-corrected chi connectivity index (χ2v) is 6.46. The summed E-state index contributed by atoms with van der Waals surface area (Å²) in [5, 5.41) is 0.424. The Kier molecular flexibility index (Phi) is 3.23. The molecule has 1 heterocycles. The first-order valence-corrected chi connectivity index (χ1v) is 7.48. The quantitative estimate of drug-likeness (QED) is 0.846. The molecule has 0 bridgehead atoms. The lowest BCUT2D eigenvalue weighted by Crippen LogP contribution is -2.21. The maximum absolute atomic E-state index is 10.9. The third-order valence-electron chi connectivity index (χ3n) is 2.11. The summed E-state index contributed by atoms with van der Waals surface area (Å²) in [5.74, 6) is 0.